The maximum absolute atomic E-state index is 4.18. The van der Waals surface area contributed by atoms with Gasteiger partial charge >= 0.3 is 0 Å². The fraction of sp³-hybridized carbons (Fsp3) is 0.583. The molecule has 1 aromatic rings. The standard InChI is InChI=1S/C12H17BrN2/c1-15(8-10-3-2-4-10)9-11-5-12(13)7-14-6-11/h5-7,10H,2-4,8-9H2,1H3. The van der Waals surface area contributed by atoms with E-state index >= 15 is 0 Å². The zero-order valence-electron chi connectivity index (χ0n) is 9.12. The van der Waals surface area contributed by atoms with Crippen LogP contribution < -0.4 is 0 Å². The van der Waals surface area contributed by atoms with Crippen LogP contribution in [0, 0.1) is 5.92 Å². The van der Waals surface area contributed by atoms with Crippen molar-refractivity contribution in [3.63, 3.8) is 0 Å². The number of rotatable bonds is 4. The van der Waals surface area contributed by atoms with Gasteiger partial charge in [0.2, 0.25) is 0 Å². The molecule has 0 N–H and O–H groups in total. The Bertz CT molecular complexity index is 323. The second-order valence-corrected chi connectivity index (χ2v) is 5.42. The van der Waals surface area contributed by atoms with Gasteiger partial charge in [-0.3, -0.25) is 4.98 Å². The van der Waals surface area contributed by atoms with Gasteiger partial charge in [-0.2, -0.15) is 0 Å². The maximum atomic E-state index is 4.18. The van der Waals surface area contributed by atoms with E-state index in [9.17, 15) is 0 Å². The van der Waals surface area contributed by atoms with Gasteiger partial charge in [-0.1, -0.05) is 6.42 Å². The second-order valence-electron chi connectivity index (χ2n) is 4.51. The summed E-state index contributed by atoms with van der Waals surface area (Å²) in [7, 11) is 2.19. The van der Waals surface area contributed by atoms with Gasteiger partial charge in [0.05, 0.1) is 0 Å². The van der Waals surface area contributed by atoms with Crippen molar-refractivity contribution in [2.75, 3.05) is 13.6 Å². The molecule has 1 aliphatic carbocycles. The van der Waals surface area contributed by atoms with Crippen LogP contribution in [0.1, 0.15) is 24.8 Å². The Kier molecular flexibility index (Phi) is 3.76. The van der Waals surface area contributed by atoms with Gasteiger partial charge in [0.15, 0.2) is 0 Å². The maximum Gasteiger partial charge on any atom is 0.0410 e. The topological polar surface area (TPSA) is 16.1 Å². The van der Waals surface area contributed by atoms with Crippen molar-refractivity contribution in [1.29, 1.82) is 0 Å². The van der Waals surface area contributed by atoms with Gasteiger partial charge in [0, 0.05) is 30.0 Å². The van der Waals surface area contributed by atoms with Crippen LogP contribution in [0.4, 0.5) is 0 Å². The van der Waals surface area contributed by atoms with E-state index in [0.29, 0.717) is 0 Å². The zero-order valence-corrected chi connectivity index (χ0v) is 10.7. The molecule has 0 atom stereocenters. The third-order valence-corrected chi connectivity index (χ3v) is 3.44. The van der Waals surface area contributed by atoms with E-state index in [-0.39, 0.29) is 0 Å². The smallest absolute Gasteiger partial charge is 0.0410 e. The molecule has 1 heterocycles. The normalized spacial score (nSPS) is 16.7. The van der Waals surface area contributed by atoms with Crippen molar-refractivity contribution in [3.05, 3.63) is 28.5 Å². The molecule has 1 aromatic heterocycles. The van der Waals surface area contributed by atoms with Gasteiger partial charge in [-0.05, 0) is 53.4 Å². The molecule has 1 aliphatic rings. The van der Waals surface area contributed by atoms with E-state index in [1.807, 2.05) is 12.4 Å². The van der Waals surface area contributed by atoms with Crippen LogP contribution in [-0.4, -0.2) is 23.5 Å². The highest BCUT2D eigenvalue weighted by Gasteiger charge is 2.18. The largest absolute Gasteiger partial charge is 0.302 e. The number of hydrogen-bond donors (Lipinski definition) is 0. The Morgan fingerprint density at radius 1 is 1.47 bits per heavy atom. The van der Waals surface area contributed by atoms with E-state index in [2.05, 4.69) is 38.9 Å². The summed E-state index contributed by atoms with van der Waals surface area (Å²) in [4.78, 5) is 6.57. The lowest BCUT2D eigenvalue weighted by Gasteiger charge is -2.30. The van der Waals surface area contributed by atoms with Crippen molar-refractivity contribution in [3.8, 4) is 0 Å². The minimum absolute atomic E-state index is 0.940. The highest BCUT2D eigenvalue weighted by molar-refractivity contribution is 9.10. The molecule has 0 bridgehead atoms. The summed E-state index contributed by atoms with van der Waals surface area (Å²) >= 11 is 3.45. The Morgan fingerprint density at radius 3 is 2.87 bits per heavy atom. The molecule has 3 heteroatoms. The van der Waals surface area contributed by atoms with E-state index in [4.69, 9.17) is 0 Å². The van der Waals surface area contributed by atoms with Crippen molar-refractivity contribution in [2.45, 2.75) is 25.8 Å². The van der Waals surface area contributed by atoms with Crippen LogP contribution in [0.3, 0.4) is 0 Å². The summed E-state index contributed by atoms with van der Waals surface area (Å²) in [6.07, 6.45) is 8.04. The first-order chi connectivity index (χ1) is 7.24. The molecular weight excluding hydrogens is 252 g/mol. The van der Waals surface area contributed by atoms with Crippen LogP contribution in [0.25, 0.3) is 0 Å². The summed E-state index contributed by atoms with van der Waals surface area (Å²) in [5.74, 6) is 0.940. The molecule has 1 saturated carbocycles. The molecule has 2 rings (SSSR count). The lowest BCUT2D eigenvalue weighted by Crippen LogP contribution is -2.29. The first kappa shape index (κ1) is 11.1. The fourth-order valence-electron chi connectivity index (χ4n) is 2.03. The minimum atomic E-state index is 0.940. The Hall–Kier alpha value is -0.410. The molecule has 82 valence electrons. The predicted molar refractivity (Wildman–Crippen MR) is 65.6 cm³/mol. The molecule has 0 spiro atoms. The number of hydrogen-bond acceptors (Lipinski definition) is 2. The Morgan fingerprint density at radius 2 is 2.27 bits per heavy atom. The number of aromatic nitrogens is 1. The van der Waals surface area contributed by atoms with Crippen molar-refractivity contribution < 1.29 is 0 Å². The molecule has 0 aromatic carbocycles. The van der Waals surface area contributed by atoms with Crippen LogP contribution in [0.2, 0.25) is 0 Å². The minimum Gasteiger partial charge on any atom is -0.302 e. The lowest BCUT2D eigenvalue weighted by atomic mass is 9.85. The van der Waals surface area contributed by atoms with Crippen LogP contribution in [0.5, 0.6) is 0 Å². The predicted octanol–water partition coefficient (Wildman–Crippen LogP) is 3.08. The molecule has 0 aliphatic heterocycles. The number of pyridine rings is 1. The van der Waals surface area contributed by atoms with Crippen molar-refractivity contribution >= 4 is 15.9 Å². The van der Waals surface area contributed by atoms with Gasteiger partial charge in [-0.25, -0.2) is 0 Å². The highest BCUT2D eigenvalue weighted by Crippen LogP contribution is 2.27. The van der Waals surface area contributed by atoms with E-state index < -0.39 is 0 Å². The Balaban J connectivity index is 1.84. The molecule has 0 saturated heterocycles. The van der Waals surface area contributed by atoms with Crippen LogP contribution in [-0.2, 0) is 6.54 Å². The fourth-order valence-corrected chi connectivity index (χ4v) is 2.45. The second kappa shape index (κ2) is 5.08. The third kappa shape index (κ3) is 3.28. The summed E-state index contributed by atoms with van der Waals surface area (Å²) in [5, 5.41) is 0. The molecular formula is C12H17BrN2. The lowest BCUT2D eigenvalue weighted by molar-refractivity contribution is 0.200. The number of nitrogens with zero attached hydrogens (tertiary/aromatic N) is 2. The summed E-state index contributed by atoms with van der Waals surface area (Å²) in [5.41, 5.74) is 1.28. The first-order valence-electron chi connectivity index (χ1n) is 5.52. The number of halogens is 1. The summed E-state index contributed by atoms with van der Waals surface area (Å²) in [6, 6.07) is 2.14. The highest BCUT2D eigenvalue weighted by atomic mass is 79.9. The van der Waals surface area contributed by atoms with Crippen LogP contribution in [0.15, 0.2) is 22.9 Å². The molecule has 2 nitrogen and oxygen atoms in total. The van der Waals surface area contributed by atoms with Gasteiger partial charge < -0.3 is 4.90 Å². The average molecular weight is 269 g/mol. The molecule has 0 radical (unpaired) electrons. The van der Waals surface area contributed by atoms with Gasteiger partial charge in [0.25, 0.3) is 0 Å². The summed E-state index contributed by atoms with van der Waals surface area (Å²) < 4.78 is 1.07. The van der Waals surface area contributed by atoms with Crippen molar-refractivity contribution in [1.82, 2.24) is 9.88 Å². The molecule has 1 fully saturated rings. The van der Waals surface area contributed by atoms with Gasteiger partial charge in [-0.15, -0.1) is 0 Å². The monoisotopic (exact) mass is 268 g/mol. The van der Waals surface area contributed by atoms with Crippen molar-refractivity contribution in [2.24, 2.45) is 5.92 Å². The van der Waals surface area contributed by atoms with E-state index in [0.717, 1.165) is 16.9 Å². The average Bonchev–Trinajstić information content (AvgIpc) is 2.11. The summed E-state index contributed by atoms with van der Waals surface area (Å²) in [6.45, 7) is 2.23. The third-order valence-electron chi connectivity index (χ3n) is 3.01. The molecule has 0 amide bonds. The van der Waals surface area contributed by atoms with E-state index in [1.165, 1.54) is 31.4 Å². The van der Waals surface area contributed by atoms with Gasteiger partial charge in [0.1, 0.15) is 0 Å². The quantitative estimate of drug-likeness (QED) is 0.835. The Labute approximate surface area is 99.8 Å². The zero-order chi connectivity index (χ0) is 10.7. The van der Waals surface area contributed by atoms with E-state index in [1.54, 1.807) is 0 Å². The molecule has 0 unspecified atom stereocenters. The first-order valence-corrected chi connectivity index (χ1v) is 6.31. The molecule has 15 heavy (non-hydrogen) atoms. The SMILES string of the molecule is CN(Cc1cncc(Br)c1)CC1CCC1. The van der Waals surface area contributed by atoms with Crippen LogP contribution >= 0.6 is 15.9 Å².